The molecule has 0 atom stereocenters. The maximum atomic E-state index is 13.2. The number of rotatable bonds is 13. The Morgan fingerprint density at radius 1 is 1.02 bits per heavy atom. The summed E-state index contributed by atoms with van der Waals surface area (Å²) in [6, 6.07) is 20.4. The minimum Gasteiger partial charge on any atom is -0.493 e. The highest BCUT2D eigenvalue weighted by Crippen LogP contribution is 2.41. The highest BCUT2D eigenvalue weighted by Gasteiger charge is 2.23. The number of nitrogens with one attached hydrogen (secondary N) is 1. The SMILES string of the molecule is COCCNCc1nc(C)c(CC(=O)O)c(-c2ccc3c(c2)CCCO3)c1-c1ccc(OCCc2ccc(F)cc2)cc1. The number of aryl methyl sites for hydroxylation is 2. The molecule has 0 saturated carbocycles. The molecule has 1 aliphatic rings. The Balaban J connectivity index is 1.53. The molecule has 7 nitrogen and oxygen atoms in total. The van der Waals surface area contributed by atoms with Gasteiger partial charge in [0, 0.05) is 37.9 Å². The van der Waals surface area contributed by atoms with Gasteiger partial charge in [-0.3, -0.25) is 9.78 Å². The Hall–Kier alpha value is -4.27. The van der Waals surface area contributed by atoms with Gasteiger partial charge >= 0.3 is 5.97 Å². The van der Waals surface area contributed by atoms with Gasteiger partial charge in [0.15, 0.2) is 0 Å². The molecule has 5 rings (SSSR count). The molecule has 43 heavy (non-hydrogen) atoms. The summed E-state index contributed by atoms with van der Waals surface area (Å²) in [5.74, 6) is 0.428. The van der Waals surface area contributed by atoms with E-state index in [2.05, 4.69) is 11.4 Å². The number of methoxy groups -OCH3 is 1. The molecule has 4 aromatic rings. The van der Waals surface area contributed by atoms with Crippen molar-refractivity contribution in [2.24, 2.45) is 0 Å². The number of aromatic nitrogens is 1. The number of carboxylic acid groups (broad SMARTS) is 1. The minimum atomic E-state index is -0.908. The first kappa shape index (κ1) is 30.2. The molecule has 0 aliphatic carbocycles. The molecule has 8 heteroatoms. The molecule has 3 aromatic carbocycles. The number of pyridine rings is 1. The quantitative estimate of drug-likeness (QED) is 0.182. The molecule has 0 amide bonds. The third kappa shape index (κ3) is 7.58. The van der Waals surface area contributed by atoms with Crippen LogP contribution in [0.1, 0.15) is 34.5 Å². The zero-order valence-electron chi connectivity index (χ0n) is 24.6. The summed E-state index contributed by atoms with van der Waals surface area (Å²) in [5, 5.41) is 13.3. The van der Waals surface area contributed by atoms with Crippen LogP contribution in [-0.4, -0.2) is 49.5 Å². The van der Waals surface area contributed by atoms with Crippen molar-refractivity contribution < 1.29 is 28.5 Å². The van der Waals surface area contributed by atoms with E-state index in [1.54, 1.807) is 19.2 Å². The Bertz CT molecular complexity index is 1550. The van der Waals surface area contributed by atoms with Crippen molar-refractivity contribution in [3.05, 3.63) is 101 Å². The summed E-state index contributed by atoms with van der Waals surface area (Å²) in [4.78, 5) is 17.0. The fraction of sp³-hybridized carbons (Fsp3) is 0.314. The van der Waals surface area contributed by atoms with Gasteiger partial charge in [-0.15, -0.1) is 0 Å². The predicted molar refractivity (Wildman–Crippen MR) is 164 cm³/mol. The third-order valence-electron chi connectivity index (χ3n) is 7.60. The number of carboxylic acids is 1. The van der Waals surface area contributed by atoms with Crippen LogP contribution in [0.3, 0.4) is 0 Å². The number of carbonyl (C=O) groups is 1. The molecular weight excluding hydrogens is 547 g/mol. The molecular formula is C35H37FN2O5. The van der Waals surface area contributed by atoms with Gasteiger partial charge in [0.05, 0.1) is 31.9 Å². The Morgan fingerprint density at radius 2 is 1.79 bits per heavy atom. The molecule has 0 saturated heterocycles. The van der Waals surface area contributed by atoms with Crippen LogP contribution in [0.4, 0.5) is 4.39 Å². The second-order valence-corrected chi connectivity index (χ2v) is 10.6. The van der Waals surface area contributed by atoms with E-state index in [1.165, 1.54) is 12.1 Å². The molecule has 1 aromatic heterocycles. The molecule has 2 heterocycles. The molecule has 2 N–H and O–H groups in total. The predicted octanol–water partition coefficient (Wildman–Crippen LogP) is 6.17. The average Bonchev–Trinajstić information content (AvgIpc) is 3.01. The smallest absolute Gasteiger partial charge is 0.307 e. The van der Waals surface area contributed by atoms with Gasteiger partial charge < -0.3 is 24.6 Å². The van der Waals surface area contributed by atoms with Gasteiger partial charge in [-0.25, -0.2) is 4.39 Å². The summed E-state index contributed by atoms with van der Waals surface area (Å²) >= 11 is 0. The normalized spacial score (nSPS) is 12.4. The molecule has 0 unspecified atom stereocenters. The zero-order chi connectivity index (χ0) is 30.2. The molecule has 224 valence electrons. The standard InChI is InChI=1S/C35H37FN2O5/c1-23-30(21-33(39)40)34(27-9-14-32-26(20-27)4-3-17-43-32)35(31(38-23)22-37-16-19-41-2)25-7-12-29(13-8-25)42-18-15-24-5-10-28(36)11-6-24/h5-14,20,37H,3-4,15-19,21-22H2,1-2H3,(H,39,40). The van der Waals surface area contributed by atoms with Crippen molar-refractivity contribution in [1.82, 2.24) is 10.3 Å². The molecule has 0 fully saturated rings. The van der Waals surface area contributed by atoms with Gasteiger partial charge in [-0.1, -0.05) is 30.3 Å². The summed E-state index contributed by atoms with van der Waals surface area (Å²) in [5.41, 5.74) is 7.96. The monoisotopic (exact) mass is 584 g/mol. The van der Waals surface area contributed by atoms with Gasteiger partial charge in [0.1, 0.15) is 17.3 Å². The van der Waals surface area contributed by atoms with Crippen LogP contribution in [-0.2, 0) is 35.3 Å². The van der Waals surface area contributed by atoms with Crippen LogP contribution in [0, 0.1) is 12.7 Å². The maximum Gasteiger partial charge on any atom is 0.307 e. The summed E-state index contributed by atoms with van der Waals surface area (Å²) in [6.07, 6.45) is 2.37. The number of nitrogens with zero attached hydrogens (tertiary/aromatic N) is 1. The van der Waals surface area contributed by atoms with E-state index < -0.39 is 5.97 Å². The summed E-state index contributed by atoms with van der Waals surface area (Å²) in [7, 11) is 1.66. The van der Waals surface area contributed by atoms with Crippen LogP contribution in [0.5, 0.6) is 11.5 Å². The number of benzene rings is 3. The lowest BCUT2D eigenvalue weighted by Gasteiger charge is -2.23. The Labute approximate surface area is 251 Å². The van der Waals surface area contributed by atoms with Crippen LogP contribution in [0.2, 0.25) is 0 Å². The zero-order valence-corrected chi connectivity index (χ0v) is 24.6. The lowest BCUT2D eigenvalue weighted by atomic mass is 9.86. The van der Waals surface area contributed by atoms with Gasteiger partial charge in [-0.05, 0) is 89.5 Å². The highest BCUT2D eigenvalue weighted by atomic mass is 19.1. The first-order valence-corrected chi connectivity index (χ1v) is 14.6. The van der Waals surface area contributed by atoms with Crippen molar-refractivity contribution in [3.8, 4) is 33.8 Å². The van der Waals surface area contributed by atoms with Gasteiger partial charge in [0.25, 0.3) is 0 Å². The number of hydrogen-bond acceptors (Lipinski definition) is 6. The summed E-state index contributed by atoms with van der Waals surface area (Å²) in [6.45, 7) is 4.74. The van der Waals surface area contributed by atoms with Crippen molar-refractivity contribution in [3.63, 3.8) is 0 Å². The third-order valence-corrected chi connectivity index (χ3v) is 7.60. The Morgan fingerprint density at radius 3 is 2.53 bits per heavy atom. The van der Waals surface area contributed by atoms with E-state index in [9.17, 15) is 14.3 Å². The molecule has 0 spiro atoms. The van der Waals surface area contributed by atoms with E-state index in [4.69, 9.17) is 19.2 Å². The second kappa shape index (κ2) is 14.3. The lowest BCUT2D eigenvalue weighted by molar-refractivity contribution is -0.136. The minimum absolute atomic E-state index is 0.142. The van der Waals surface area contributed by atoms with Crippen LogP contribution in [0.25, 0.3) is 22.3 Å². The number of fused-ring (bicyclic) bond motifs is 1. The largest absolute Gasteiger partial charge is 0.493 e. The van der Waals surface area contributed by atoms with E-state index in [1.807, 2.05) is 43.3 Å². The molecule has 1 aliphatic heterocycles. The molecule has 0 bridgehead atoms. The van der Waals surface area contributed by atoms with Crippen molar-refractivity contribution >= 4 is 5.97 Å². The number of halogens is 1. The number of ether oxygens (including phenoxy) is 3. The van der Waals surface area contributed by atoms with Gasteiger partial charge in [-0.2, -0.15) is 0 Å². The van der Waals surface area contributed by atoms with E-state index in [0.29, 0.717) is 56.3 Å². The van der Waals surface area contributed by atoms with E-state index in [-0.39, 0.29) is 12.2 Å². The second-order valence-electron chi connectivity index (χ2n) is 10.6. The van der Waals surface area contributed by atoms with Gasteiger partial charge in [0.2, 0.25) is 0 Å². The van der Waals surface area contributed by atoms with Crippen molar-refractivity contribution in [1.29, 1.82) is 0 Å². The van der Waals surface area contributed by atoms with E-state index >= 15 is 0 Å². The van der Waals surface area contributed by atoms with E-state index in [0.717, 1.165) is 57.7 Å². The van der Waals surface area contributed by atoms with Crippen LogP contribution < -0.4 is 14.8 Å². The number of hydrogen-bond donors (Lipinski definition) is 2. The summed E-state index contributed by atoms with van der Waals surface area (Å²) < 4.78 is 30.3. The lowest BCUT2D eigenvalue weighted by Crippen LogP contribution is -2.21. The van der Waals surface area contributed by atoms with Crippen molar-refractivity contribution in [2.45, 2.75) is 39.2 Å². The first-order chi connectivity index (χ1) is 20.9. The Kier molecular flexibility index (Phi) is 10.0. The highest BCUT2D eigenvalue weighted by molar-refractivity contribution is 5.90. The topological polar surface area (TPSA) is 89.9 Å². The molecule has 0 radical (unpaired) electrons. The van der Waals surface area contributed by atoms with Crippen LogP contribution >= 0.6 is 0 Å². The van der Waals surface area contributed by atoms with Crippen molar-refractivity contribution in [2.75, 3.05) is 33.5 Å². The maximum absolute atomic E-state index is 13.2. The number of aliphatic carboxylic acids is 1. The average molecular weight is 585 g/mol. The fourth-order valence-corrected chi connectivity index (χ4v) is 5.48. The van der Waals surface area contributed by atoms with Crippen LogP contribution in [0.15, 0.2) is 66.7 Å². The fourth-order valence-electron chi connectivity index (χ4n) is 5.48. The first-order valence-electron chi connectivity index (χ1n) is 14.6.